The summed E-state index contributed by atoms with van der Waals surface area (Å²) in [5, 5.41) is 0.704. The van der Waals surface area contributed by atoms with E-state index >= 15 is 0 Å². The van der Waals surface area contributed by atoms with E-state index in [-0.39, 0.29) is 5.82 Å². The predicted octanol–water partition coefficient (Wildman–Crippen LogP) is 3.25. The molecule has 1 aliphatic rings. The van der Waals surface area contributed by atoms with Crippen molar-refractivity contribution in [2.75, 3.05) is 37.6 Å². The van der Waals surface area contributed by atoms with Gasteiger partial charge in [0, 0.05) is 31.5 Å². The van der Waals surface area contributed by atoms with Crippen molar-refractivity contribution in [1.82, 2.24) is 4.90 Å². The maximum atomic E-state index is 14.0. The smallest absolute Gasteiger partial charge is 0.146 e. The molecule has 0 atom stereocenters. The first-order valence-electron chi connectivity index (χ1n) is 6.57. The van der Waals surface area contributed by atoms with Crippen molar-refractivity contribution in [2.24, 2.45) is 0 Å². The Morgan fingerprint density at radius 3 is 2.56 bits per heavy atom. The summed E-state index contributed by atoms with van der Waals surface area (Å²) >= 11 is 3.44. The molecule has 0 amide bonds. The first kappa shape index (κ1) is 13.8. The van der Waals surface area contributed by atoms with Crippen LogP contribution in [0.2, 0.25) is 0 Å². The molecule has 0 unspecified atom stereocenters. The molecule has 1 aromatic carbocycles. The van der Waals surface area contributed by atoms with E-state index in [0.717, 1.165) is 44.0 Å². The van der Waals surface area contributed by atoms with E-state index in [2.05, 4.69) is 32.7 Å². The van der Waals surface area contributed by atoms with E-state index < -0.39 is 0 Å². The van der Waals surface area contributed by atoms with Crippen molar-refractivity contribution in [3.8, 4) is 0 Å². The SMILES string of the molecule is CCCN1CCN(c2c(F)cccc2CBr)CC1. The third-order valence-corrected chi connectivity index (χ3v) is 4.05. The highest BCUT2D eigenvalue weighted by molar-refractivity contribution is 9.08. The molecule has 0 aromatic heterocycles. The van der Waals surface area contributed by atoms with Crippen LogP contribution in [-0.4, -0.2) is 37.6 Å². The van der Waals surface area contributed by atoms with Gasteiger partial charge in [0.15, 0.2) is 0 Å². The minimum absolute atomic E-state index is 0.101. The van der Waals surface area contributed by atoms with Crippen molar-refractivity contribution in [1.29, 1.82) is 0 Å². The van der Waals surface area contributed by atoms with Gasteiger partial charge in [0.05, 0.1) is 5.69 Å². The van der Waals surface area contributed by atoms with Gasteiger partial charge >= 0.3 is 0 Å². The summed E-state index contributed by atoms with van der Waals surface area (Å²) in [5.41, 5.74) is 1.82. The van der Waals surface area contributed by atoms with Crippen molar-refractivity contribution in [3.63, 3.8) is 0 Å². The van der Waals surface area contributed by atoms with Crippen LogP contribution in [0.4, 0.5) is 10.1 Å². The van der Waals surface area contributed by atoms with Crippen LogP contribution in [0.3, 0.4) is 0 Å². The van der Waals surface area contributed by atoms with Crippen LogP contribution in [0.1, 0.15) is 18.9 Å². The van der Waals surface area contributed by atoms with E-state index in [4.69, 9.17) is 0 Å². The van der Waals surface area contributed by atoms with E-state index in [0.29, 0.717) is 5.33 Å². The molecule has 100 valence electrons. The Morgan fingerprint density at radius 2 is 1.94 bits per heavy atom. The largest absolute Gasteiger partial charge is 0.366 e. The first-order chi connectivity index (χ1) is 8.76. The number of anilines is 1. The van der Waals surface area contributed by atoms with Crippen molar-refractivity contribution in [3.05, 3.63) is 29.6 Å². The molecule has 0 bridgehead atoms. The average Bonchev–Trinajstić information content (AvgIpc) is 2.40. The maximum Gasteiger partial charge on any atom is 0.146 e. The van der Waals surface area contributed by atoms with Gasteiger partial charge in [-0.3, -0.25) is 4.90 Å². The fourth-order valence-corrected chi connectivity index (χ4v) is 2.99. The lowest BCUT2D eigenvalue weighted by Crippen LogP contribution is -2.47. The summed E-state index contributed by atoms with van der Waals surface area (Å²) in [6.45, 7) is 7.25. The first-order valence-corrected chi connectivity index (χ1v) is 7.69. The van der Waals surface area contributed by atoms with Gasteiger partial charge in [-0.15, -0.1) is 0 Å². The van der Waals surface area contributed by atoms with Crippen LogP contribution >= 0.6 is 15.9 Å². The number of piperazine rings is 1. The number of para-hydroxylation sites is 1. The quantitative estimate of drug-likeness (QED) is 0.787. The monoisotopic (exact) mass is 314 g/mol. The van der Waals surface area contributed by atoms with E-state index in [1.165, 1.54) is 6.42 Å². The molecule has 1 fully saturated rings. The van der Waals surface area contributed by atoms with Crippen LogP contribution in [0.25, 0.3) is 0 Å². The van der Waals surface area contributed by atoms with E-state index in [1.807, 2.05) is 6.07 Å². The Labute approximate surface area is 117 Å². The third kappa shape index (κ3) is 3.04. The number of benzene rings is 1. The molecule has 0 saturated carbocycles. The maximum absolute atomic E-state index is 14.0. The number of alkyl halides is 1. The van der Waals surface area contributed by atoms with Crippen molar-refractivity contribution >= 4 is 21.6 Å². The second-order valence-corrected chi connectivity index (χ2v) is 5.27. The highest BCUT2D eigenvalue weighted by Crippen LogP contribution is 2.27. The summed E-state index contributed by atoms with van der Waals surface area (Å²) in [6.07, 6.45) is 1.19. The summed E-state index contributed by atoms with van der Waals surface area (Å²) in [7, 11) is 0. The standard InChI is InChI=1S/C14H20BrFN2/c1-2-6-17-7-9-18(10-8-17)14-12(11-15)4-3-5-13(14)16/h3-5H,2,6-11H2,1H3. The predicted molar refractivity (Wildman–Crippen MR) is 78.0 cm³/mol. The molecule has 1 heterocycles. The Balaban J connectivity index is 2.09. The molecular formula is C14H20BrFN2. The van der Waals surface area contributed by atoms with Gasteiger partial charge in [-0.25, -0.2) is 4.39 Å². The summed E-state index contributed by atoms with van der Waals surface area (Å²) in [6, 6.07) is 5.33. The number of nitrogens with zero attached hydrogens (tertiary/aromatic N) is 2. The lowest BCUT2D eigenvalue weighted by atomic mass is 10.1. The Hall–Kier alpha value is -0.610. The normalized spacial score (nSPS) is 17.2. The Kier molecular flexibility index (Phi) is 5.01. The highest BCUT2D eigenvalue weighted by Gasteiger charge is 2.20. The second kappa shape index (κ2) is 6.53. The topological polar surface area (TPSA) is 6.48 Å². The van der Waals surface area contributed by atoms with Gasteiger partial charge in [0.25, 0.3) is 0 Å². The van der Waals surface area contributed by atoms with Gasteiger partial charge in [0.2, 0.25) is 0 Å². The molecular weight excluding hydrogens is 295 g/mol. The minimum atomic E-state index is -0.101. The molecule has 4 heteroatoms. The van der Waals surface area contributed by atoms with Crippen molar-refractivity contribution < 1.29 is 4.39 Å². The molecule has 0 spiro atoms. The Morgan fingerprint density at radius 1 is 1.22 bits per heavy atom. The molecule has 18 heavy (non-hydrogen) atoms. The molecule has 1 aromatic rings. The highest BCUT2D eigenvalue weighted by atomic mass is 79.9. The van der Waals surface area contributed by atoms with Crippen LogP contribution in [0.15, 0.2) is 18.2 Å². The Bertz CT molecular complexity index is 389. The molecule has 0 N–H and O–H groups in total. The molecule has 2 nitrogen and oxygen atoms in total. The average molecular weight is 315 g/mol. The summed E-state index contributed by atoms with van der Waals surface area (Å²) in [5.74, 6) is -0.101. The van der Waals surface area contributed by atoms with Gasteiger partial charge in [-0.1, -0.05) is 35.0 Å². The third-order valence-electron chi connectivity index (χ3n) is 3.44. The molecule has 1 aliphatic heterocycles. The summed E-state index contributed by atoms with van der Waals surface area (Å²) in [4.78, 5) is 4.63. The van der Waals surface area contributed by atoms with Crippen LogP contribution in [0, 0.1) is 5.82 Å². The number of rotatable bonds is 4. The lowest BCUT2D eigenvalue weighted by Gasteiger charge is -2.36. The van der Waals surface area contributed by atoms with Gasteiger partial charge < -0.3 is 4.90 Å². The number of hydrogen-bond donors (Lipinski definition) is 0. The molecule has 2 rings (SSSR count). The van der Waals surface area contributed by atoms with E-state index in [9.17, 15) is 4.39 Å². The van der Waals surface area contributed by atoms with Crippen molar-refractivity contribution in [2.45, 2.75) is 18.7 Å². The number of halogens is 2. The fraction of sp³-hybridized carbons (Fsp3) is 0.571. The zero-order valence-electron chi connectivity index (χ0n) is 10.8. The molecule has 0 radical (unpaired) electrons. The zero-order valence-corrected chi connectivity index (χ0v) is 12.4. The van der Waals surface area contributed by atoms with Gasteiger partial charge in [-0.05, 0) is 24.6 Å². The molecule has 0 aliphatic carbocycles. The summed E-state index contributed by atoms with van der Waals surface area (Å²) < 4.78 is 14.0. The van der Waals surface area contributed by atoms with Crippen LogP contribution < -0.4 is 4.90 Å². The van der Waals surface area contributed by atoms with Crippen LogP contribution in [0.5, 0.6) is 0 Å². The lowest BCUT2D eigenvalue weighted by molar-refractivity contribution is 0.257. The number of hydrogen-bond acceptors (Lipinski definition) is 2. The zero-order chi connectivity index (χ0) is 13.0. The minimum Gasteiger partial charge on any atom is -0.366 e. The van der Waals surface area contributed by atoms with Crippen LogP contribution in [-0.2, 0) is 5.33 Å². The molecule has 1 saturated heterocycles. The fourth-order valence-electron chi connectivity index (χ4n) is 2.53. The second-order valence-electron chi connectivity index (χ2n) is 4.71. The van der Waals surface area contributed by atoms with Gasteiger partial charge in [-0.2, -0.15) is 0 Å². The van der Waals surface area contributed by atoms with Gasteiger partial charge in [0.1, 0.15) is 5.82 Å². The van der Waals surface area contributed by atoms with E-state index in [1.54, 1.807) is 12.1 Å².